The number of fused-ring (bicyclic) bond motifs is 5. The Morgan fingerprint density at radius 1 is 1.05 bits per heavy atom. The van der Waals surface area contributed by atoms with E-state index >= 15 is 0 Å². The van der Waals surface area contributed by atoms with Crippen molar-refractivity contribution >= 4 is 17.5 Å². The average Bonchev–Trinajstić information content (AvgIpc) is 2.99. The van der Waals surface area contributed by atoms with Crippen molar-refractivity contribution in [2.75, 3.05) is 4.90 Å². The lowest BCUT2D eigenvalue weighted by Crippen LogP contribution is -2.40. The van der Waals surface area contributed by atoms with Gasteiger partial charge in [-0.25, -0.2) is 4.90 Å². The molecule has 0 saturated carbocycles. The zero-order valence-electron chi connectivity index (χ0n) is 12.8. The first-order valence-corrected chi connectivity index (χ1v) is 7.51. The highest BCUT2D eigenvalue weighted by Gasteiger charge is 2.72. The summed E-state index contributed by atoms with van der Waals surface area (Å²) >= 11 is 0. The zero-order valence-corrected chi connectivity index (χ0v) is 12.8. The van der Waals surface area contributed by atoms with Crippen molar-refractivity contribution in [3.05, 3.63) is 28.7 Å². The molecule has 4 rings (SSSR count). The van der Waals surface area contributed by atoms with Crippen LogP contribution in [0.2, 0.25) is 0 Å². The third-order valence-electron chi connectivity index (χ3n) is 5.53. The number of carbonyl (C=O) groups excluding carboxylic acids is 2. The van der Waals surface area contributed by atoms with Crippen LogP contribution < -0.4 is 10.5 Å². The maximum Gasteiger partial charge on any atom is 0.250 e. The fourth-order valence-corrected chi connectivity index (χ4v) is 4.43. The van der Waals surface area contributed by atoms with Crippen LogP contribution in [0.5, 0.6) is 0 Å². The summed E-state index contributed by atoms with van der Waals surface area (Å²) in [6, 6.07) is 2.91. The van der Waals surface area contributed by atoms with E-state index in [2.05, 4.69) is 0 Å². The molecule has 0 aromatic carbocycles. The van der Waals surface area contributed by atoms with Crippen molar-refractivity contribution in [1.29, 1.82) is 0 Å². The molecule has 6 heteroatoms. The number of carbonyl (C=O) groups is 2. The third-order valence-corrected chi connectivity index (χ3v) is 5.53. The topological polar surface area (TPSA) is 68.6 Å². The van der Waals surface area contributed by atoms with Crippen molar-refractivity contribution in [3.63, 3.8) is 0 Å². The Labute approximate surface area is 127 Å². The Morgan fingerprint density at radius 3 is 2.09 bits per heavy atom. The number of hydrogen-bond donors (Lipinski definition) is 0. The Bertz CT molecular complexity index is 736. The predicted octanol–water partition coefficient (Wildman–Crippen LogP) is 0.832. The largest absolute Gasteiger partial charge is 0.367 e. The molecule has 0 radical (unpaired) electrons. The van der Waals surface area contributed by atoms with Gasteiger partial charge in [-0.1, -0.05) is 0 Å². The van der Waals surface area contributed by atoms with Crippen LogP contribution in [0.1, 0.15) is 26.7 Å². The average molecular weight is 302 g/mol. The fraction of sp³-hybridized carbons (Fsp3) is 0.562. The number of nitrogens with zero attached hydrogens (tertiary/aromatic N) is 2. The summed E-state index contributed by atoms with van der Waals surface area (Å²) in [5.41, 5.74) is -0.827. The molecule has 6 nitrogen and oxygen atoms in total. The maximum atomic E-state index is 12.9. The molecule has 3 saturated heterocycles. The Hall–Kier alpha value is -1.95. The summed E-state index contributed by atoms with van der Waals surface area (Å²) in [6.45, 7) is 3.86. The number of amides is 2. The van der Waals surface area contributed by atoms with Gasteiger partial charge in [0, 0.05) is 19.3 Å². The van der Waals surface area contributed by atoms with Gasteiger partial charge in [0.2, 0.25) is 17.4 Å². The predicted molar refractivity (Wildman–Crippen MR) is 78.3 cm³/mol. The summed E-state index contributed by atoms with van der Waals surface area (Å²) in [5.74, 6) is -1.26. The summed E-state index contributed by atoms with van der Waals surface area (Å²) in [4.78, 5) is 38.5. The number of ether oxygens (including phenoxy) is 1. The molecule has 4 unspecified atom stereocenters. The zero-order chi connectivity index (χ0) is 15.9. The second kappa shape index (κ2) is 3.87. The molecule has 0 spiro atoms. The Balaban J connectivity index is 1.81. The normalized spacial score (nSPS) is 39.7. The number of rotatable bonds is 1. The quantitative estimate of drug-likeness (QED) is 0.721. The lowest BCUT2D eigenvalue weighted by atomic mass is 9.69. The highest BCUT2D eigenvalue weighted by molar-refractivity contribution is 6.23. The number of imide groups is 1. The van der Waals surface area contributed by atoms with Crippen LogP contribution in [0.4, 0.5) is 5.69 Å². The highest BCUT2D eigenvalue weighted by Crippen LogP contribution is 2.60. The second-order valence-electron chi connectivity index (χ2n) is 7.03. The molecule has 3 fully saturated rings. The van der Waals surface area contributed by atoms with Gasteiger partial charge in [0.1, 0.15) is 0 Å². The van der Waals surface area contributed by atoms with Crippen LogP contribution >= 0.6 is 0 Å². The van der Waals surface area contributed by atoms with Gasteiger partial charge in [0.25, 0.3) is 0 Å². The van der Waals surface area contributed by atoms with Gasteiger partial charge in [-0.15, -0.1) is 0 Å². The summed E-state index contributed by atoms with van der Waals surface area (Å²) in [5, 5.41) is 0. The van der Waals surface area contributed by atoms with Crippen molar-refractivity contribution < 1.29 is 14.3 Å². The third kappa shape index (κ3) is 1.46. The summed E-state index contributed by atoms with van der Waals surface area (Å²) < 4.78 is 7.43. The van der Waals surface area contributed by atoms with Gasteiger partial charge in [-0.05, 0) is 32.8 Å². The number of pyridine rings is 1. The second-order valence-corrected chi connectivity index (χ2v) is 7.03. The van der Waals surface area contributed by atoms with Gasteiger partial charge in [-0.2, -0.15) is 0 Å². The molecule has 1 aromatic heterocycles. The highest BCUT2D eigenvalue weighted by atomic mass is 16.5. The standard InChI is InChI=1S/C16H18N2O4/c1-15-6-7-16(2,22-15)12-11(15)13(20)18(14(12)21)9-4-5-10(19)17(3)8-9/h4-5,8,11-12H,6-7H2,1-3H3. The minimum Gasteiger partial charge on any atom is -0.367 e. The molecule has 116 valence electrons. The van der Waals surface area contributed by atoms with Gasteiger partial charge >= 0.3 is 0 Å². The first-order valence-electron chi connectivity index (χ1n) is 7.51. The van der Waals surface area contributed by atoms with Gasteiger partial charge < -0.3 is 9.30 Å². The van der Waals surface area contributed by atoms with Gasteiger partial charge in [0.15, 0.2) is 0 Å². The smallest absolute Gasteiger partial charge is 0.250 e. The van der Waals surface area contributed by atoms with Crippen molar-refractivity contribution in [2.24, 2.45) is 18.9 Å². The minimum atomic E-state index is -0.554. The SMILES string of the molecule is Cn1cc(N2C(=O)C3C(C2=O)C2(C)CCC3(C)O2)ccc1=O. The maximum absolute atomic E-state index is 12.9. The lowest BCUT2D eigenvalue weighted by molar-refractivity contribution is -0.129. The van der Waals surface area contributed by atoms with Crippen LogP contribution in [-0.4, -0.2) is 27.6 Å². The molecule has 3 aliphatic heterocycles. The molecular weight excluding hydrogens is 284 g/mol. The monoisotopic (exact) mass is 302 g/mol. The molecule has 0 aliphatic carbocycles. The van der Waals surface area contributed by atoms with Crippen LogP contribution in [-0.2, 0) is 21.4 Å². The Kier molecular flexibility index (Phi) is 2.41. The van der Waals surface area contributed by atoms with Gasteiger partial charge in [0.05, 0.1) is 28.7 Å². The minimum absolute atomic E-state index is 0.176. The van der Waals surface area contributed by atoms with E-state index in [1.54, 1.807) is 7.05 Å². The van der Waals surface area contributed by atoms with E-state index in [-0.39, 0.29) is 17.4 Å². The van der Waals surface area contributed by atoms with Crippen LogP contribution in [0.15, 0.2) is 23.1 Å². The van der Waals surface area contributed by atoms with E-state index in [1.807, 2.05) is 13.8 Å². The number of aryl methyl sites for hydroxylation is 1. The van der Waals surface area contributed by atoms with Gasteiger partial charge in [-0.3, -0.25) is 14.4 Å². The van der Waals surface area contributed by atoms with E-state index in [4.69, 9.17) is 4.74 Å². The molecule has 4 heterocycles. The molecule has 3 aliphatic rings. The number of hydrogen-bond acceptors (Lipinski definition) is 4. The molecule has 1 aromatic rings. The van der Waals surface area contributed by atoms with Crippen molar-refractivity contribution in [1.82, 2.24) is 4.57 Å². The molecule has 4 atom stereocenters. The molecule has 2 amide bonds. The first kappa shape index (κ1) is 13.7. The fourth-order valence-electron chi connectivity index (χ4n) is 4.43. The van der Waals surface area contributed by atoms with E-state index in [0.29, 0.717) is 5.69 Å². The molecule has 2 bridgehead atoms. The number of aromatic nitrogens is 1. The van der Waals surface area contributed by atoms with E-state index < -0.39 is 23.0 Å². The van der Waals surface area contributed by atoms with E-state index in [9.17, 15) is 14.4 Å². The van der Waals surface area contributed by atoms with Crippen molar-refractivity contribution in [2.45, 2.75) is 37.9 Å². The van der Waals surface area contributed by atoms with Crippen molar-refractivity contribution in [3.8, 4) is 0 Å². The van der Waals surface area contributed by atoms with E-state index in [0.717, 1.165) is 12.8 Å². The Morgan fingerprint density at radius 2 is 1.59 bits per heavy atom. The van der Waals surface area contributed by atoms with E-state index in [1.165, 1.54) is 27.8 Å². The number of anilines is 1. The first-order chi connectivity index (χ1) is 10.3. The molecule has 22 heavy (non-hydrogen) atoms. The summed E-state index contributed by atoms with van der Waals surface area (Å²) in [7, 11) is 1.60. The molecule has 0 N–H and O–H groups in total. The molecular formula is C16H18N2O4. The lowest BCUT2D eigenvalue weighted by Gasteiger charge is -2.27. The van der Waals surface area contributed by atoms with Crippen LogP contribution in [0, 0.1) is 11.8 Å². The van der Waals surface area contributed by atoms with Crippen LogP contribution in [0.25, 0.3) is 0 Å². The summed E-state index contributed by atoms with van der Waals surface area (Å²) in [6.07, 6.45) is 3.13. The van der Waals surface area contributed by atoms with Crippen LogP contribution in [0.3, 0.4) is 0 Å².